The molecular formula is C21H17ClN4O3S. The smallest absolute Gasteiger partial charge is 0.261 e. The van der Waals surface area contributed by atoms with Crippen molar-refractivity contribution in [1.29, 1.82) is 0 Å². The summed E-state index contributed by atoms with van der Waals surface area (Å²) < 4.78 is 12.7. The molecule has 5 rings (SSSR count). The Bertz CT molecular complexity index is 1250. The van der Waals surface area contributed by atoms with E-state index in [1.807, 2.05) is 31.2 Å². The molecule has 1 aromatic carbocycles. The van der Waals surface area contributed by atoms with Crippen LogP contribution in [0.4, 0.5) is 0 Å². The lowest BCUT2D eigenvalue weighted by Crippen LogP contribution is -2.48. The molecule has 30 heavy (non-hydrogen) atoms. The average Bonchev–Trinajstić information content (AvgIpc) is 3.29. The van der Waals surface area contributed by atoms with E-state index in [0.717, 1.165) is 21.5 Å². The third-order valence-electron chi connectivity index (χ3n) is 4.80. The van der Waals surface area contributed by atoms with Crippen molar-refractivity contribution >= 4 is 39.7 Å². The van der Waals surface area contributed by atoms with Crippen LogP contribution in [0, 0.1) is 6.92 Å². The lowest BCUT2D eigenvalue weighted by molar-refractivity contribution is -0.00338. The summed E-state index contributed by atoms with van der Waals surface area (Å²) in [5, 5.41) is 8.86. The minimum atomic E-state index is -0.0901. The molecule has 1 fully saturated rings. The topological polar surface area (TPSA) is 78.3 Å². The molecule has 0 bridgehead atoms. The number of thiophene rings is 1. The molecule has 9 heteroatoms. The highest BCUT2D eigenvalue weighted by Gasteiger charge is 2.23. The van der Waals surface area contributed by atoms with Crippen molar-refractivity contribution in [1.82, 2.24) is 20.1 Å². The zero-order chi connectivity index (χ0) is 20.7. The van der Waals surface area contributed by atoms with E-state index in [-0.39, 0.29) is 11.9 Å². The number of amides is 1. The molecule has 0 saturated carbocycles. The molecular weight excluding hydrogens is 424 g/mol. The molecule has 0 aliphatic carbocycles. The van der Waals surface area contributed by atoms with Gasteiger partial charge < -0.3 is 14.8 Å². The molecule has 0 spiro atoms. The second-order valence-electron chi connectivity index (χ2n) is 6.93. The number of carbonyl (C=O) groups is 1. The molecule has 152 valence electrons. The number of fused-ring (bicyclic) bond motifs is 1. The van der Waals surface area contributed by atoms with Crippen molar-refractivity contribution in [3.63, 3.8) is 0 Å². The van der Waals surface area contributed by atoms with Crippen LogP contribution in [-0.2, 0) is 4.74 Å². The number of pyridine rings is 1. The van der Waals surface area contributed by atoms with Gasteiger partial charge in [-0.1, -0.05) is 23.7 Å². The molecule has 0 unspecified atom stereocenters. The van der Waals surface area contributed by atoms with E-state index >= 15 is 0 Å². The quantitative estimate of drug-likeness (QED) is 0.498. The van der Waals surface area contributed by atoms with Crippen molar-refractivity contribution in [2.24, 2.45) is 0 Å². The predicted octanol–water partition coefficient (Wildman–Crippen LogP) is 4.36. The summed E-state index contributed by atoms with van der Waals surface area (Å²) in [5.74, 6) is 0.882. The van der Waals surface area contributed by atoms with Gasteiger partial charge in [-0.15, -0.1) is 11.3 Å². The van der Waals surface area contributed by atoms with Crippen molar-refractivity contribution in [3.05, 3.63) is 63.6 Å². The van der Waals surface area contributed by atoms with E-state index < -0.39 is 0 Å². The van der Waals surface area contributed by atoms with Crippen LogP contribution in [0.5, 0.6) is 11.6 Å². The van der Waals surface area contributed by atoms with Crippen LogP contribution < -0.4 is 10.1 Å². The van der Waals surface area contributed by atoms with Gasteiger partial charge in [0.25, 0.3) is 5.91 Å². The number of hydrogen-bond donors (Lipinski definition) is 1. The number of aromatic nitrogens is 3. The largest absolute Gasteiger partial charge is 0.437 e. The third kappa shape index (κ3) is 3.54. The van der Waals surface area contributed by atoms with Crippen LogP contribution in [0.25, 0.3) is 16.6 Å². The number of hydrogen-bond acceptors (Lipinski definition) is 6. The molecule has 1 aliphatic rings. The minimum Gasteiger partial charge on any atom is -0.437 e. The van der Waals surface area contributed by atoms with Crippen LogP contribution in [0.1, 0.15) is 14.5 Å². The molecule has 7 nitrogen and oxygen atoms in total. The highest BCUT2D eigenvalue weighted by atomic mass is 35.5. The fourth-order valence-electron chi connectivity index (χ4n) is 3.16. The Kier molecular flexibility index (Phi) is 4.90. The number of halogens is 1. The van der Waals surface area contributed by atoms with E-state index in [1.165, 1.54) is 11.3 Å². The fraction of sp³-hybridized carbons (Fsp3) is 0.190. The maximum Gasteiger partial charge on any atom is 0.261 e. The van der Waals surface area contributed by atoms with Gasteiger partial charge in [0.2, 0.25) is 5.88 Å². The van der Waals surface area contributed by atoms with Gasteiger partial charge in [0.1, 0.15) is 5.75 Å². The highest BCUT2D eigenvalue weighted by molar-refractivity contribution is 7.14. The van der Waals surface area contributed by atoms with Crippen LogP contribution >= 0.6 is 22.9 Å². The first-order valence-corrected chi connectivity index (χ1v) is 10.5. The molecule has 3 aromatic heterocycles. The normalized spacial score (nSPS) is 13.9. The Morgan fingerprint density at radius 3 is 2.90 bits per heavy atom. The number of nitrogens with zero attached hydrogens (tertiary/aromatic N) is 3. The van der Waals surface area contributed by atoms with E-state index in [4.69, 9.17) is 21.1 Å². The summed E-state index contributed by atoms with van der Waals surface area (Å²) in [4.78, 5) is 18.5. The Labute approximate surface area is 181 Å². The minimum absolute atomic E-state index is 0.0901. The monoisotopic (exact) mass is 440 g/mol. The third-order valence-corrected chi connectivity index (χ3v) is 6.15. The molecule has 1 saturated heterocycles. The summed E-state index contributed by atoms with van der Waals surface area (Å²) in [6.07, 6.45) is 3.45. The molecule has 4 heterocycles. The number of para-hydroxylation sites is 1. The van der Waals surface area contributed by atoms with E-state index in [0.29, 0.717) is 34.7 Å². The predicted molar refractivity (Wildman–Crippen MR) is 115 cm³/mol. The lowest BCUT2D eigenvalue weighted by atomic mass is 10.2. The second kappa shape index (κ2) is 7.71. The first-order valence-electron chi connectivity index (χ1n) is 9.34. The molecule has 1 N–H and O–H groups in total. The van der Waals surface area contributed by atoms with E-state index in [9.17, 15) is 4.79 Å². The molecule has 4 aromatic rings. The van der Waals surface area contributed by atoms with Gasteiger partial charge in [-0.05, 0) is 25.1 Å². The Balaban J connectivity index is 1.42. The van der Waals surface area contributed by atoms with Crippen LogP contribution in [-0.4, -0.2) is 39.9 Å². The van der Waals surface area contributed by atoms with Gasteiger partial charge >= 0.3 is 0 Å². The molecule has 1 aliphatic heterocycles. The number of nitrogens with one attached hydrogen (secondary N) is 1. The highest BCUT2D eigenvalue weighted by Crippen LogP contribution is 2.31. The Hall–Kier alpha value is -2.94. The summed E-state index contributed by atoms with van der Waals surface area (Å²) in [5.41, 5.74) is 1.67. The van der Waals surface area contributed by atoms with Crippen molar-refractivity contribution < 1.29 is 14.3 Å². The maximum absolute atomic E-state index is 12.5. The zero-order valence-electron chi connectivity index (χ0n) is 16.0. The summed E-state index contributed by atoms with van der Waals surface area (Å²) in [7, 11) is 0. The van der Waals surface area contributed by atoms with Crippen molar-refractivity contribution in [2.45, 2.75) is 13.0 Å². The molecule has 0 atom stereocenters. The van der Waals surface area contributed by atoms with Crippen LogP contribution in [0.15, 0.2) is 48.8 Å². The van der Waals surface area contributed by atoms with Gasteiger partial charge in [-0.2, -0.15) is 5.10 Å². The standard InChI is InChI=1S/C21H17ClN4O3S/c1-12-16(7-19(30-12)21(27)25-14-10-28-11-14)26-17-9-23-20(6-13(17)8-24-26)29-18-5-3-2-4-15(18)22/h2-9,14H,10-11H2,1H3,(H,25,27). The fourth-order valence-corrected chi connectivity index (χ4v) is 4.24. The van der Waals surface area contributed by atoms with Crippen LogP contribution in [0.3, 0.4) is 0 Å². The van der Waals surface area contributed by atoms with Crippen molar-refractivity contribution in [3.8, 4) is 17.3 Å². The Morgan fingerprint density at radius 1 is 1.30 bits per heavy atom. The van der Waals surface area contributed by atoms with Gasteiger partial charge in [0.05, 0.1) is 52.8 Å². The maximum atomic E-state index is 12.5. The molecule has 0 radical (unpaired) electrons. The van der Waals surface area contributed by atoms with E-state index in [1.54, 1.807) is 29.2 Å². The lowest BCUT2D eigenvalue weighted by Gasteiger charge is -2.26. The summed E-state index contributed by atoms with van der Waals surface area (Å²) in [6.45, 7) is 3.10. The van der Waals surface area contributed by atoms with Gasteiger partial charge in [0.15, 0.2) is 0 Å². The second-order valence-corrected chi connectivity index (χ2v) is 8.59. The van der Waals surface area contributed by atoms with Crippen LogP contribution in [0.2, 0.25) is 5.02 Å². The first kappa shape index (κ1) is 19.0. The number of rotatable bonds is 5. The summed E-state index contributed by atoms with van der Waals surface area (Å²) in [6, 6.07) is 11.0. The Morgan fingerprint density at radius 2 is 2.13 bits per heavy atom. The molecule has 1 amide bonds. The number of benzene rings is 1. The number of ether oxygens (including phenoxy) is 2. The van der Waals surface area contributed by atoms with Gasteiger partial charge in [-0.3, -0.25) is 4.79 Å². The van der Waals surface area contributed by atoms with E-state index in [2.05, 4.69) is 15.4 Å². The SMILES string of the molecule is Cc1sc(C(=O)NC2COC2)cc1-n1ncc2cc(Oc3ccccc3Cl)ncc21. The number of carbonyl (C=O) groups excluding carboxylic acids is 1. The van der Waals surface area contributed by atoms with Gasteiger partial charge in [0, 0.05) is 16.3 Å². The van der Waals surface area contributed by atoms with Crippen molar-refractivity contribution in [2.75, 3.05) is 13.2 Å². The summed E-state index contributed by atoms with van der Waals surface area (Å²) >= 11 is 7.60. The first-order chi connectivity index (χ1) is 14.6. The zero-order valence-corrected chi connectivity index (χ0v) is 17.5. The average molecular weight is 441 g/mol. The number of aryl methyl sites for hydroxylation is 1. The van der Waals surface area contributed by atoms with Gasteiger partial charge in [-0.25, -0.2) is 9.67 Å².